The summed E-state index contributed by atoms with van der Waals surface area (Å²) in [7, 11) is 0. The normalized spacial score (nSPS) is 59.2. The van der Waals surface area contributed by atoms with Gasteiger partial charge in [0.25, 0.3) is 0 Å². The Morgan fingerprint density at radius 3 is 2.55 bits per heavy atom. The van der Waals surface area contributed by atoms with Crippen molar-refractivity contribution < 1.29 is 0 Å². The van der Waals surface area contributed by atoms with E-state index in [1.807, 2.05) is 0 Å². The van der Waals surface area contributed by atoms with Crippen LogP contribution >= 0.6 is 0 Å². The topological polar surface area (TPSA) is 0 Å². The predicted molar refractivity (Wildman–Crippen MR) is 46.3 cm³/mol. The van der Waals surface area contributed by atoms with E-state index in [0.717, 1.165) is 11.3 Å². The maximum atomic E-state index is 2.41. The molecule has 2 bridgehead atoms. The highest BCUT2D eigenvalue weighted by atomic mass is 14.6. The molecule has 4 fully saturated rings. The molecule has 0 nitrogen and oxygen atoms in total. The van der Waals surface area contributed by atoms with Crippen LogP contribution in [-0.2, 0) is 0 Å². The molecule has 4 aliphatic carbocycles. The largest absolute Gasteiger partial charge is 0.0648 e. The molecule has 62 valence electrons. The lowest BCUT2D eigenvalue weighted by Gasteiger charge is -2.65. The lowest BCUT2D eigenvalue weighted by molar-refractivity contribution is -0.148. The van der Waals surface area contributed by atoms with E-state index < -0.39 is 0 Å². The lowest BCUT2D eigenvalue weighted by atomic mass is 9.40. The van der Waals surface area contributed by atoms with Crippen LogP contribution in [0.5, 0.6) is 0 Å². The van der Waals surface area contributed by atoms with Crippen LogP contribution in [0.25, 0.3) is 0 Å². The molecule has 4 rings (SSSR count). The van der Waals surface area contributed by atoms with E-state index >= 15 is 0 Å². The average molecular weight is 150 g/mol. The SMILES string of the molecule is CCC12CC(CC3CCC31)C2. The van der Waals surface area contributed by atoms with Crippen molar-refractivity contribution in [2.24, 2.45) is 23.2 Å². The van der Waals surface area contributed by atoms with E-state index in [1.54, 1.807) is 32.1 Å². The summed E-state index contributed by atoms with van der Waals surface area (Å²) in [5.41, 5.74) is 0.881. The van der Waals surface area contributed by atoms with E-state index in [-0.39, 0.29) is 0 Å². The Bertz CT molecular complexity index is 176. The van der Waals surface area contributed by atoms with Crippen LogP contribution < -0.4 is 0 Å². The molecule has 0 aromatic rings. The van der Waals surface area contributed by atoms with Gasteiger partial charge in [0.05, 0.1) is 0 Å². The summed E-state index contributed by atoms with van der Waals surface area (Å²) in [6.07, 6.45) is 9.43. The molecule has 0 saturated heterocycles. The zero-order valence-electron chi connectivity index (χ0n) is 7.47. The second-order valence-electron chi connectivity index (χ2n) is 5.17. The van der Waals surface area contributed by atoms with Crippen LogP contribution in [-0.4, -0.2) is 0 Å². The molecule has 0 N–H and O–H groups in total. The van der Waals surface area contributed by atoms with Crippen molar-refractivity contribution in [2.75, 3.05) is 0 Å². The third-order valence-electron chi connectivity index (χ3n) is 4.93. The van der Waals surface area contributed by atoms with Gasteiger partial charge >= 0.3 is 0 Å². The summed E-state index contributed by atoms with van der Waals surface area (Å²) in [6, 6.07) is 0. The number of hydrogen-bond acceptors (Lipinski definition) is 0. The van der Waals surface area contributed by atoms with Crippen molar-refractivity contribution in [3.05, 3.63) is 0 Å². The number of hydrogen-bond donors (Lipinski definition) is 0. The first-order valence-corrected chi connectivity index (χ1v) is 5.34. The molecular formula is C11H18. The van der Waals surface area contributed by atoms with E-state index in [9.17, 15) is 0 Å². The molecule has 2 unspecified atom stereocenters. The first kappa shape index (κ1) is 6.51. The molecule has 0 radical (unpaired) electrons. The van der Waals surface area contributed by atoms with Crippen molar-refractivity contribution in [3.8, 4) is 0 Å². The van der Waals surface area contributed by atoms with Crippen molar-refractivity contribution in [1.82, 2.24) is 0 Å². The third-order valence-corrected chi connectivity index (χ3v) is 4.93. The van der Waals surface area contributed by atoms with Crippen LogP contribution in [0.15, 0.2) is 0 Å². The molecule has 0 aromatic heterocycles. The highest BCUT2D eigenvalue weighted by molar-refractivity contribution is 5.08. The molecule has 0 spiro atoms. The summed E-state index contributed by atoms with van der Waals surface area (Å²) in [5.74, 6) is 3.52. The van der Waals surface area contributed by atoms with Crippen LogP contribution in [0.3, 0.4) is 0 Å². The van der Waals surface area contributed by atoms with E-state index in [4.69, 9.17) is 0 Å². The standard InChI is InChI=1S/C11H18/c1-2-11-6-8(7-11)5-9-3-4-10(9)11/h8-10H,2-7H2,1H3. The van der Waals surface area contributed by atoms with Gasteiger partial charge in [0, 0.05) is 0 Å². The van der Waals surface area contributed by atoms with Gasteiger partial charge in [-0.3, -0.25) is 0 Å². The zero-order chi connectivity index (χ0) is 7.47. The van der Waals surface area contributed by atoms with Gasteiger partial charge in [0.1, 0.15) is 0 Å². The second kappa shape index (κ2) is 1.84. The molecule has 4 aliphatic rings. The smallest absolute Gasteiger partial charge is 0.0264 e. The van der Waals surface area contributed by atoms with Gasteiger partial charge in [0.2, 0.25) is 0 Å². The summed E-state index contributed by atoms with van der Waals surface area (Å²) in [5, 5.41) is 0. The van der Waals surface area contributed by atoms with E-state index in [0.29, 0.717) is 0 Å². The highest BCUT2D eigenvalue weighted by Gasteiger charge is 2.58. The average Bonchev–Trinajstić information content (AvgIpc) is 1.88. The Morgan fingerprint density at radius 2 is 2.09 bits per heavy atom. The fourth-order valence-electron chi connectivity index (χ4n) is 4.20. The Kier molecular flexibility index (Phi) is 1.09. The van der Waals surface area contributed by atoms with Crippen molar-refractivity contribution in [2.45, 2.75) is 45.4 Å². The van der Waals surface area contributed by atoms with Gasteiger partial charge in [-0.2, -0.15) is 0 Å². The Hall–Kier alpha value is 0. The predicted octanol–water partition coefficient (Wildman–Crippen LogP) is 3.22. The van der Waals surface area contributed by atoms with Crippen molar-refractivity contribution in [1.29, 1.82) is 0 Å². The summed E-state index contributed by atoms with van der Waals surface area (Å²) >= 11 is 0. The van der Waals surface area contributed by atoms with Crippen LogP contribution in [0.1, 0.15) is 45.4 Å². The molecule has 2 atom stereocenters. The van der Waals surface area contributed by atoms with Crippen molar-refractivity contribution >= 4 is 0 Å². The monoisotopic (exact) mass is 150 g/mol. The van der Waals surface area contributed by atoms with Crippen LogP contribution in [0.2, 0.25) is 0 Å². The minimum atomic E-state index is 0.881. The molecule has 11 heavy (non-hydrogen) atoms. The fraction of sp³-hybridized carbons (Fsp3) is 1.00. The van der Waals surface area contributed by atoms with E-state index in [2.05, 4.69) is 6.92 Å². The maximum Gasteiger partial charge on any atom is -0.0264 e. The summed E-state index contributed by atoms with van der Waals surface area (Å²) in [4.78, 5) is 0. The second-order valence-corrected chi connectivity index (χ2v) is 5.17. The molecule has 4 saturated carbocycles. The zero-order valence-corrected chi connectivity index (χ0v) is 7.47. The third kappa shape index (κ3) is 0.625. The van der Waals surface area contributed by atoms with E-state index in [1.165, 1.54) is 18.3 Å². The fourth-order valence-corrected chi connectivity index (χ4v) is 4.20. The van der Waals surface area contributed by atoms with Gasteiger partial charge in [0.15, 0.2) is 0 Å². The van der Waals surface area contributed by atoms with Crippen LogP contribution in [0.4, 0.5) is 0 Å². The summed E-state index contributed by atoms with van der Waals surface area (Å²) in [6.45, 7) is 2.41. The molecule has 0 aromatic carbocycles. The van der Waals surface area contributed by atoms with Gasteiger partial charge in [-0.25, -0.2) is 0 Å². The highest BCUT2D eigenvalue weighted by Crippen LogP contribution is 2.68. The molecule has 0 aliphatic heterocycles. The molecular weight excluding hydrogens is 132 g/mol. The Balaban J connectivity index is 1.86. The molecule has 0 heterocycles. The minimum absolute atomic E-state index is 0.881. The Morgan fingerprint density at radius 1 is 1.27 bits per heavy atom. The number of rotatable bonds is 1. The maximum absolute atomic E-state index is 2.41. The van der Waals surface area contributed by atoms with Gasteiger partial charge in [-0.1, -0.05) is 13.3 Å². The summed E-state index contributed by atoms with van der Waals surface area (Å²) < 4.78 is 0. The molecule has 0 heteroatoms. The van der Waals surface area contributed by atoms with Gasteiger partial charge in [-0.05, 0) is 55.3 Å². The Labute approximate surface area is 69.4 Å². The quantitative estimate of drug-likeness (QED) is 0.538. The van der Waals surface area contributed by atoms with Crippen molar-refractivity contribution in [3.63, 3.8) is 0 Å². The van der Waals surface area contributed by atoms with Crippen LogP contribution in [0, 0.1) is 23.2 Å². The van der Waals surface area contributed by atoms with Gasteiger partial charge < -0.3 is 0 Å². The first-order chi connectivity index (χ1) is 5.34. The van der Waals surface area contributed by atoms with Gasteiger partial charge in [-0.15, -0.1) is 0 Å². The first-order valence-electron chi connectivity index (χ1n) is 5.34. The minimum Gasteiger partial charge on any atom is -0.0648 e. The lowest BCUT2D eigenvalue weighted by Crippen LogP contribution is -2.55. The molecule has 0 amide bonds.